The molecule has 2 amide bonds. The lowest BCUT2D eigenvalue weighted by molar-refractivity contribution is -0.138. The molecule has 0 aromatic heterocycles. The highest BCUT2D eigenvalue weighted by molar-refractivity contribution is 8.00. The Bertz CT molecular complexity index is 640. The summed E-state index contributed by atoms with van der Waals surface area (Å²) in [5, 5.41) is 8.66. The first-order valence-corrected chi connectivity index (χ1v) is 8.03. The van der Waals surface area contributed by atoms with Gasteiger partial charge in [-0.15, -0.1) is 11.8 Å². The number of aliphatic carboxylic acids is 1. The first-order valence-electron chi connectivity index (χ1n) is 6.23. The molecule has 0 radical (unpaired) electrons. The molecule has 2 rings (SSSR count). The number of halogens is 2. The predicted molar refractivity (Wildman–Crippen MR) is 85.4 cm³/mol. The Hall–Kier alpha value is -1.28. The fraction of sp³-hybridized carbons (Fsp3) is 0.308. The Kier molecular flexibility index (Phi) is 5.33. The summed E-state index contributed by atoms with van der Waals surface area (Å²) < 4.78 is 0. The van der Waals surface area contributed by atoms with E-state index < -0.39 is 29.1 Å². The summed E-state index contributed by atoms with van der Waals surface area (Å²) in [5.41, 5.74) is 5.67. The highest BCUT2D eigenvalue weighted by Gasteiger charge is 2.40. The molecular weight excluding hydrogens is 351 g/mol. The van der Waals surface area contributed by atoms with E-state index in [9.17, 15) is 14.4 Å². The second kappa shape index (κ2) is 6.87. The largest absolute Gasteiger partial charge is 0.480 e. The van der Waals surface area contributed by atoms with Crippen molar-refractivity contribution in [3.8, 4) is 0 Å². The van der Waals surface area contributed by atoms with Crippen molar-refractivity contribution in [3.63, 3.8) is 0 Å². The predicted octanol–water partition coefficient (Wildman–Crippen LogP) is 1.77. The van der Waals surface area contributed by atoms with E-state index in [1.165, 1.54) is 18.2 Å². The number of benzene rings is 1. The molecule has 1 heterocycles. The Morgan fingerprint density at radius 3 is 2.73 bits per heavy atom. The number of thioether (sulfide) groups is 1. The van der Waals surface area contributed by atoms with Crippen LogP contribution in [0.4, 0.5) is 5.69 Å². The van der Waals surface area contributed by atoms with Crippen LogP contribution in [0, 0.1) is 0 Å². The molecule has 0 spiro atoms. The summed E-state index contributed by atoms with van der Waals surface area (Å²) in [6, 6.07) is 3.39. The average Bonchev–Trinajstić information content (AvgIpc) is 2.71. The number of carbonyl (C=O) groups is 3. The van der Waals surface area contributed by atoms with Crippen molar-refractivity contribution < 1.29 is 19.5 Å². The van der Waals surface area contributed by atoms with Gasteiger partial charge in [0.2, 0.25) is 11.8 Å². The van der Waals surface area contributed by atoms with Gasteiger partial charge in [0.25, 0.3) is 0 Å². The van der Waals surface area contributed by atoms with Crippen LogP contribution in [0.25, 0.3) is 0 Å². The van der Waals surface area contributed by atoms with E-state index in [-0.39, 0.29) is 22.9 Å². The van der Waals surface area contributed by atoms with Crippen LogP contribution in [0.5, 0.6) is 0 Å². The van der Waals surface area contributed by atoms with E-state index >= 15 is 0 Å². The zero-order valence-corrected chi connectivity index (χ0v) is 13.5. The van der Waals surface area contributed by atoms with E-state index in [0.29, 0.717) is 5.02 Å². The summed E-state index contributed by atoms with van der Waals surface area (Å²) in [7, 11) is 0. The molecule has 6 nitrogen and oxygen atoms in total. The van der Waals surface area contributed by atoms with Gasteiger partial charge in [-0.2, -0.15) is 0 Å². The van der Waals surface area contributed by atoms with Crippen molar-refractivity contribution in [1.29, 1.82) is 0 Å². The third kappa shape index (κ3) is 3.55. The van der Waals surface area contributed by atoms with Crippen molar-refractivity contribution in [2.75, 3.05) is 10.7 Å². The van der Waals surface area contributed by atoms with Gasteiger partial charge >= 0.3 is 5.97 Å². The molecule has 0 saturated carbocycles. The van der Waals surface area contributed by atoms with Gasteiger partial charge in [0.05, 0.1) is 16.0 Å². The van der Waals surface area contributed by atoms with Crippen LogP contribution in [-0.4, -0.2) is 39.9 Å². The highest BCUT2D eigenvalue weighted by atomic mass is 35.5. The second-order valence-electron chi connectivity index (χ2n) is 4.63. The fourth-order valence-electron chi connectivity index (χ4n) is 1.94. The number of nitrogens with zero attached hydrogens (tertiary/aromatic N) is 1. The van der Waals surface area contributed by atoms with E-state index in [1.807, 2.05) is 0 Å². The zero-order chi connectivity index (χ0) is 16.4. The number of imide groups is 1. The molecule has 2 atom stereocenters. The molecule has 0 bridgehead atoms. The van der Waals surface area contributed by atoms with Gasteiger partial charge in [-0.05, 0) is 18.2 Å². The lowest BCUT2D eigenvalue weighted by atomic mass is 10.3. The molecule has 0 unspecified atom stereocenters. The van der Waals surface area contributed by atoms with Crippen molar-refractivity contribution >= 4 is 58.4 Å². The number of amides is 2. The molecule has 0 aliphatic carbocycles. The summed E-state index contributed by atoms with van der Waals surface area (Å²) >= 11 is 12.9. The minimum atomic E-state index is -1.15. The quantitative estimate of drug-likeness (QED) is 0.774. The van der Waals surface area contributed by atoms with Gasteiger partial charge in [-0.1, -0.05) is 23.2 Å². The van der Waals surface area contributed by atoms with Crippen LogP contribution in [0.1, 0.15) is 6.42 Å². The Labute approximate surface area is 140 Å². The normalized spacial score (nSPS) is 19.6. The van der Waals surface area contributed by atoms with Crippen molar-refractivity contribution in [2.45, 2.75) is 17.7 Å². The summed E-state index contributed by atoms with van der Waals surface area (Å²) in [5.74, 6) is -1.93. The van der Waals surface area contributed by atoms with Gasteiger partial charge < -0.3 is 10.8 Å². The summed E-state index contributed by atoms with van der Waals surface area (Å²) in [6.07, 6.45) is -0.0191. The molecule has 1 fully saturated rings. The SMILES string of the molecule is N[C@@H](CS[C@H]1CC(=O)N(c2ccc(Cl)cc2Cl)C1=O)C(=O)O. The number of anilines is 1. The van der Waals surface area contributed by atoms with Crippen LogP contribution in [0.2, 0.25) is 10.0 Å². The first-order chi connectivity index (χ1) is 10.3. The number of hydrogen-bond donors (Lipinski definition) is 2. The maximum absolute atomic E-state index is 12.3. The van der Waals surface area contributed by atoms with Gasteiger partial charge in [0.15, 0.2) is 0 Å². The molecule has 1 aromatic rings. The first kappa shape index (κ1) is 17.1. The fourth-order valence-corrected chi connectivity index (χ4v) is 3.52. The monoisotopic (exact) mass is 362 g/mol. The molecule has 9 heteroatoms. The lowest BCUT2D eigenvalue weighted by Crippen LogP contribution is -2.35. The second-order valence-corrected chi connectivity index (χ2v) is 6.71. The number of carbonyl (C=O) groups excluding carboxylic acids is 2. The topological polar surface area (TPSA) is 101 Å². The highest BCUT2D eigenvalue weighted by Crippen LogP contribution is 2.35. The van der Waals surface area contributed by atoms with Gasteiger partial charge in [0, 0.05) is 17.2 Å². The van der Waals surface area contributed by atoms with E-state index in [4.69, 9.17) is 34.0 Å². The minimum absolute atomic E-state index is 0.0191. The Morgan fingerprint density at radius 2 is 2.14 bits per heavy atom. The molecular formula is C13H12Cl2N2O4S. The standard InChI is InChI=1S/C13H12Cl2N2O4S/c14-6-1-2-9(7(15)3-6)17-11(18)4-10(12(17)19)22-5-8(16)13(20)21/h1-3,8,10H,4-5,16H2,(H,20,21)/t8-,10-/m0/s1. The van der Waals surface area contributed by atoms with E-state index in [1.54, 1.807) is 0 Å². The molecule has 1 aliphatic rings. The lowest BCUT2D eigenvalue weighted by Gasteiger charge is -2.16. The van der Waals surface area contributed by atoms with E-state index in [2.05, 4.69) is 0 Å². The van der Waals surface area contributed by atoms with E-state index in [0.717, 1.165) is 16.7 Å². The molecule has 118 valence electrons. The number of hydrogen-bond acceptors (Lipinski definition) is 5. The van der Waals surface area contributed by atoms with Gasteiger partial charge in [0.1, 0.15) is 6.04 Å². The van der Waals surface area contributed by atoms with Crippen LogP contribution < -0.4 is 10.6 Å². The Morgan fingerprint density at radius 1 is 1.45 bits per heavy atom. The van der Waals surface area contributed by atoms with Crippen molar-refractivity contribution in [3.05, 3.63) is 28.2 Å². The third-order valence-corrected chi connectivity index (χ3v) is 4.91. The number of nitrogens with two attached hydrogens (primary N) is 1. The zero-order valence-electron chi connectivity index (χ0n) is 11.2. The molecule has 1 aromatic carbocycles. The number of rotatable bonds is 5. The van der Waals surface area contributed by atoms with Crippen molar-refractivity contribution in [1.82, 2.24) is 0 Å². The average molecular weight is 363 g/mol. The molecule has 22 heavy (non-hydrogen) atoms. The number of carboxylic acids is 1. The Balaban J connectivity index is 2.13. The summed E-state index contributed by atoms with van der Waals surface area (Å²) in [4.78, 5) is 36.1. The number of carboxylic acid groups (broad SMARTS) is 1. The van der Waals surface area contributed by atoms with Gasteiger partial charge in [-0.3, -0.25) is 14.4 Å². The van der Waals surface area contributed by atoms with Gasteiger partial charge in [-0.25, -0.2) is 4.90 Å². The van der Waals surface area contributed by atoms with Crippen molar-refractivity contribution in [2.24, 2.45) is 5.73 Å². The van der Waals surface area contributed by atoms with Crippen LogP contribution in [0.15, 0.2) is 18.2 Å². The van der Waals surface area contributed by atoms with Crippen LogP contribution >= 0.6 is 35.0 Å². The maximum Gasteiger partial charge on any atom is 0.321 e. The minimum Gasteiger partial charge on any atom is -0.480 e. The van der Waals surface area contributed by atoms with Crippen LogP contribution in [0.3, 0.4) is 0 Å². The molecule has 3 N–H and O–H groups in total. The summed E-state index contributed by atoms with van der Waals surface area (Å²) in [6.45, 7) is 0. The third-order valence-electron chi connectivity index (χ3n) is 3.05. The molecule has 1 aliphatic heterocycles. The van der Waals surface area contributed by atoms with Crippen LogP contribution in [-0.2, 0) is 14.4 Å². The smallest absolute Gasteiger partial charge is 0.321 e. The molecule has 1 saturated heterocycles. The maximum atomic E-state index is 12.3.